The first-order valence-corrected chi connectivity index (χ1v) is 5.55. The van der Waals surface area contributed by atoms with E-state index in [2.05, 4.69) is 4.98 Å². The van der Waals surface area contributed by atoms with E-state index in [9.17, 15) is 4.79 Å². The molecule has 0 amide bonds. The maximum absolute atomic E-state index is 11.1. The van der Waals surface area contributed by atoms with Crippen LogP contribution in [0.5, 0.6) is 5.75 Å². The van der Waals surface area contributed by atoms with Crippen LogP contribution in [0.15, 0.2) is 35.3 Å². The van der Waals surface area contributed by atoms with Gasteiger partial charge in [0.1, 0.15) is 5.75 Å². The second kappa shape index (κ2) is 3.31. The van der Waals surface area contributed by atoms with Crippen molar-refractivity contribution in [2.45, 2.75) is 0 Å². The number of hydrogen-bond acceptors (Lipinski definition) is 4. The molecule has 0 radical (unpaired) electrons. The third-order valence-corrected chi connectivity index (χ3v) is 3.44. The number of methoxy groups -OCH3 is 1. The Bertz CT molecular complexity index is 730. The molecule has 0 N–H and O–H groups in total. The Labute approximate surface area is 94.7 Å². The molecule has 1 aromatic carbocycles. The van der Waals surface area contributed by atoms with Gasteiger partial charge in [0.2, 0.25) is 0 Å². The highest BCUT2D eigenvalue weighted by Crippen LogP contribution is 2.27. The van der Waals surface area contributed by atoms with Crippen LogP contribution in [0.4, 0.5) is 0 Å². The molecule has 2 aromatic heterocycles. The zero-order chi connectivity index (χ0) is 11.1. The predicted molar refractivity (Wildman–Crippen MR) is 63.4 cm³/mol. The van der Waals surface area contributed by atoms with E-state index in [4.69, 9.17) is 4.74 Å². The Morgan fingerprint density at radius 1 is 1.38 bits per heavy atom. The van der Waals surface area contributed by atoms with Gasteiger partial charge in [-0.3, -0.25) is 9.20 Å². The molecule has 0 aliphatic heterocycles. The summed E-state index contributed by atoms with van der Waals surface area (Å²) in [5, 5.41) is 0. The lowest BCUT2D eigenvalue weighted by Crippen LogP contribution is -2.04. The van der Waals surface area contributed by atoms with Gasteiger partial charge < -0.3 is 4.74 Å². The fourth-order valence-corrected chi connectivity index (χ4v) is 2.63. The topological polar surface area (TPSA) is 43.6 Å². The van der Waals surface area contributed by atoms with Crippen LogP contribution in [0.25, 0.3) is 15.2 Å². The monoisotopic (exact) mass is 232 g/mol. The Morgan fingerprint density at radius 3 is 3.06 bits per heavy atom. The van der Waals surface area contributed by atoms with Gasteiger partial charge >= 0.3 is 0 Å². The Balaban J connectivity index is 2.47. The molecular weight excluding hydrogens is 224 g/mol. The van der Waals surface area contributed by atoms with Crippen molar-refractivity contribution < 1.29 is 4.74 Å². The van der Waals surface area contributed by atoms with Crippen LogP contribution in [0.3, 0.4) is 0 Å². The zero-order valence-electron chi connectivity index (χ0n) is 8.51. The van der Waals surface area contributed by atoms with E-state index in [1.54, 1.807) is 13.3 Å². The quantitative estimate of drug-likeness (QED) is 0.643. The number of benzene rings is 1. The van der Waals surface area contributed by atoms with Gasteiger partial charge in [0, 0.05) is 18.3 Å². The summed E-state index contributed by atoms with van der Waals surface area (Å²) in [6, 6.07) is 7.26. The number of aromatic nitrogens is 2. The highest BCUT2D eigenvalue weighted by Gasteiger charge is 2.05. The van der Waals surface area contributed by atoms with Crippen LogP contribution >= 0.6 is 11.3 Å². The first-order valence-electron chi connectivity index (χ1n) is 4.74. The lowest BCUT2D eigenvalue weighted by molar-refractivity contribution is 0.415. The summed E-state index contributed by atoms with van der Waals surface area (Å²) in [6.45, 7) is 0. The van der Waals surface area contributed by atoms with E-state index in [1.807, 2.05) is 22.6 Å². The summed E-state index contributed by atoms with van der Waals surface area (Å²) in [6.07, 6.45) is 1.74. The summed E-state index contributed by atoms with van der Waals surface area (Å²) < 4.78 is 8.15. The Hall–Kier alpha value is -1.88. The smallest absolute Gasteiger partial charge is 0.273 e. The van der Waals surface area contributed by atoms with Crippen molar-refractivity contribution in [1.29, 1.82) is 0 Å². The fraction of sp³-hybridized carbons (Fsp3) is 0.0909. The number of nitrogens with zero attached hydrogens (tertiary/aromatic N) is 2. The van der Waals surface area contributed by atoms with Crippen molar-refractivity contribution in [3.63, 3.8) is 0 Å². The minimum absolute atomic E-state index is 0.210. The minimum Gasteiger partial charge on any atom is -0.497 e. The van der Waals surface area contributed by atoms with Crippen LogP contribution in [0.1, 0.15) is 0 Å². The van der Waals surface area contributed by atoms with Gasteiger partial charge in [0.15, 0.2) is 4.96 Å². The molecule has 3 aromatic rings. The summed E-state index contributed by atoms with van der Waals surface area (Å²) in [4.78, 5) is 15.8. The van der Waals surface area contributed by atoms with Crippen molar-refractivity contribution in [3.8, 4) is 5.75 Å². The van der Waals surface area contributed by atoms with Gasteiger partial charge in [0.05, 0.1) is 17.3 Å². The van der Waals surface area contributed by atoms with Crippen molar-refractivity contribution in [2.24, 2.45) is 0 Å². The van der Waals surface area contributed by atoms with E-state index in [0.717, 1.165) is 16.0 Å². The second-order valence-electron chi connectivity index (χ2n) is 3.35. The van der Waals surface area contributed by atoms with Gasteiger partial charge in [-0.1, -0.05) is 11.3 Å². The maximum Gasteiger partial charge on any atom is 0.273 e. The van der Waals surface area contributed by atoms with Crippen LogP contribution in [0.2, 0.25) is 0 Å². The predicted octanol–water partition coefficient (Wildman–Crippen LogP) is 1.92. The summed E-state index contributed by atoms with van der Waals surface area (Å²) >= 11 is 1.49. The van der Waals surface area contributed by atoms with Crippen molar-refractivity contribution in [2.75, 3.05) is 7.11 Å². The molecular formula is C11H8N2O2S. The Kier molecular flexibility index (Phi) is 1.94. The molecule has 0 spiro atoms. The van der Waals surface area contributed by atoms with E-state index >= 15 is 0 Å². The Morgan fingerprint density at radius 2 is 2.25 bits per heavy atom. The van der Waals surface area contributed by atoms with Crippen molar-refractivity contribution in [3.05, 3.63) is 40.8 Å². The number of fused-ring (bicyclic) bond motifs is 3. The molecule has 0 aliphatic rings. The van der Waals surface area contributed by atoms with Crippen LogP contribution < -0.4 is 10.3 Å². The third kappa shape index (κ3) is 1.29. The molecule has 2 heterocycles. The average molecular weight is 232 g/mol. The maximum atomic E-state index is 11.1. The molecule has 0 aliphatic carbocycles. The number of ether oxygens (including phenoxy) is 1. The lowest BCUT2D eigenvalue weighted by atomic mass is 10.3. The van der Waals surface area contributed by atoms with Crippen LogP contribution in [-0.2, 0) is 0 Å². The first-order chi connectivity index (χ1) is 7.78. The zero-order valence-corrected chi connectivity index (χ0v) is 9.32. The second-order valence-corrected chi connectivity index (χ2v) is 4.36. The first kappa shape index (κ1) is 9.35. The highest BCUT2D eigenvalue weighted by molar-refractivity contribution is 7.23. The van der Waals surface area contributed by atoms with Gasteiger partial charge in [-0.25, -0.2) is 0 Å². The summed E-state index contributed by atoms with van der Waals surface area (Å²) in [5.41, 5.74) is 0.797. The SMILES string of the molecule is COc1ccc2sc3nc(=O)ccn3c2c1. The fourth-order valence-electron chi connectivity index (χ4n) is 1.64. The van der Waals surface area contributed by atoms with Gasteiger partial charge in [0.25, 0.3) is 5.56 Å². The summed E-state index contributed by atoms with van der Waals surface area (Å²) in [5.74, 6) is 0.797. The van der Waals surface area contributed by atoms with Gasteiger partial charge in [-0.2, -0.15) is 4.98 Å². The van der Waals surface area contributed by atoms with Gasteiger partial charge in [-0.15, -0.1) is 0 Å². The lowest BCUT2D eigenvalue weighted by Gasteiger charge is -1.99. The molecule has 0 saturated carbocycles. The largest absolute Gasteiger partial charge is 0.497 e. The van der Waals surface area contributed by atoms with E-state index in [0.29, 0.717) is 4.96 Å². The molecule has 0 atom stereocenters. The summed E-state index contributed by atoms with van der Waals surface area (Å²) in [7, 11) is 1.63. The molecule has 0 fully saturated rings. The number of rotatable bonds is 1. The van der Waals surface area contributed by atoms with E-state index in [1.165, 1.54) is 17.4 Å². The van der Waals surface area contributed by atoms with Crippen LogP contribution in [0, 0.1) is 0 Å². The minimum atomic E-state index is -0.210. The number of hydrogen-bond donors (Lipinski definition) is 0. The highest BCUT2D eigenvalue weighted by atomic mass is 32.1. The standard InChI is InChI=1S/C11H8N2O2S/c1-15-7-2-3-9-8(6-7)13-5-4-10(14)12-11(13)16-9/h2-6H,1H3. The molecule has 0 saturated heterocycles. The normalized spacial score (nSPS) is 11.1. The third-order valence-electron chi connectivity index (χ3n) is 2.40. The molecule has 4 nitrogen and oxygen atoms in total. The number of thiazole rings is 1. The molecule has 5 heteroatoms. The van der Waals surface area contributed by atoms with Crippen molar-refractivity contribution >= 4 is 26.5 Å². The molecule has 0 bridgehead atoms. The molecule has 80 valence electrons. The average Bonchev–Trinajstić information content (AvgIpc) is 2.65. The van der Waals surface area contributed by atoms with Crippen LogP contribution in [-0.4, -0.2) is 16.5 Å². The molecule has 16 heavy (non-hydrogen) atoms. The van der Waals surface area contributed by atoms with E-state index < -0.39 is 0 Å². The van der Waals surface area contributed by atoms with Crippen molar-refractivity contribution in [1.82, 2.24) is 9.38 Å². The molecule has 3 rings (SSSR count). The molecule has 0 unspecified atom stereocenters. The van der Waals surface area contributed by atoms with E-state index in [-0.39, 0.29) is 5.56 Å². The van der Waals surface area contributed by atoms with Gasteiger partial charge in [-0.05, 0) is 12.1 Å².